The van der Waals surface area contributed by atoms with Crippen molar-refractivity contribution in [3.8, 4) is 0 Å². The number of hydrogen-bond donors (Lipinski definition) is 0. The molecule has 28 heavy (non-hydrogen) atoms. The van der Waals surface area contributed by atoms with Crippen LogP contribution in [0.3, 0.4) is 0 Å². The van der Waals surface area contributed by atoms with Crippen LogP contribution < -0.4 is 0 Å². The van der Waals surface area contributed by atoms with Crippen molar-refractivity contribution < 1.29 is 37.4 Å². The SMILES string of the molecule is C1COCC[N+]2(CCOCCOCC[N+]3(CCO1)CCOCC3)CCOCC2. The van der Waals surface area contributed by atoms with Gasteiger partial charge in [0.05, 0.1) is 79.3 Å². The average Bonchev–Trinajstić information content (AvgIpc) is 2.73. The van der Waals surface area contributed by atoms with Crippen molar-refractivity contribution in [2.45, 2.75) is 0 Å². The normalized spacial score (nSPS) is 29.1. The number of ether oxygens (including phenoxy) is 6. The van der Waals surface area contributed by atoms with E-state index in [1.54, 1.807) is 0 Å². The standard InChI is InChI=1S/C20H40N2O6/c1-9-23-10-2-21(1)5-13-25-17-19-27-15-7-22(3-11-24-12-4-22)8-16-28-20-18-26-14-6-21/h1-20H2/q+2. The first-order valence-corrected chi connectivity index (χ1v) is 11.0. The van der Waals surface area contributed by atoms with Crippen LogP contribution in [-0.2, 0) is 28.4 Å². The number of quaternary nitrogens is 2. The van der Waals surface area contributed by atoms with Gasteiger partial charge in [-0.1, -0.05) is 0 Å². The van der Waals surface area contributed by atoms with Gasteiger partial charge in [-0.25, -0.2) is 0 Å². The molecule has 0 saturated carbocycles. The Morgan fingerprint density at radius 2 is 0.429 bits per heavy atom. The van der Waals surface area contributed by atoms with Gasteiger partial charge in [0.25, 0.3) is 0 Å². The summed E-state index contributed by atoms with van der Waals surface area (Å²) in [6, 6.07) is 0. The smallest absolute Gasteiger partial charge is 0.103 e. The first-order chi connectivity index (χ1) is 13.8. The van der Waals surface area contributed by atoms with Crippen LogP contribution >= 0.6 is 0 Å². The van der Waals surface area contributed by atoms with E-state index in [1.807, 2.05) is 0 Å². The van der Waals surface area contributed by atoms with Crippen molar-refractivity contribution in [1.82, 2.24) is 0 Å². The molecule has 0 unspecified atom stereocenters. The molecule has 0 atom stereocenters. The van der Waals surface area contributed by atoms with Gasteiger partial charge in [-0.05, 0) is 0 Å². The lowest BCUT2D eigenvalue weighted by Gasteiger charge is -2.41. The summed E-state index contributed by atoms with van der Waals surface area (Å²) >= 11 is 0. The van der Waals surface area contributed by atoms with Crippen LogP contribution in [0.15, 0.2) is 0 Å². The van der Waals surface area contributed by atoms with E-state index < -0.39 is 0 Å². The molecule has 0 aromatic carbocycles. The van der Waals surface area contributed by atoms with Crippen LogP contribution in [0.5, 0.6) is 0 Å². The molecule has 2 spiro atoms. The molecular formula is C20H40N2O6+2. The van der Waals surface area contributed by atoms with E-state index >= 15 is 0 Å². The van der Waals surface area contributed by atoms with Gasteiger partial charge in [0.15, 0.2) is 0 Å². The molecule has 3 rings (SSSR count). The first-order valence-electron chi connectivity index (χ1n) is 11.0. The molecule has 3 heterocycles. The van der Waals surface area contributed by atoms with Crippen molar-refractivity contribution in [3.05, 3.63) is 0 Å². The minimum atomic E-state index is 0.666. The highest BCUT2D eigenvalue weighted by molar-refractivity contribution is 4.53. The second-order valence-electron chi connectivity index (χ2n) is 8.15. The van der Waals surface area contributed by atoms with E-state index in [-0.39, 0.29) is 0 Å². The average molecular weight is 405 g/mol. The summed E-state index contributed by atoms with van der Waals surface area (Å²) in [6.07, 6.45) is 0. The van der Waals surface area contributed by atoms with Gasteiger partial charge in [-0.2, -0.15) is 0 Å². The summed E-state index contributed by atoms with van der Waals surface area (Å²) in [5, 5.41) is 0. The molecule has 3 aliphatic heterocycles. The summed E-state index contributed by atoms with van der Waals surface area (Å²) < 4.78 is 36.7. The molecule has 8 nitrogen and oxygen atoms in total. The van der Waals surface area contributed by atoms with Gasteiger partial charge in [0.1, 0.15) is 52.4 Å². The van der Waals surface area contributed by atoms with Crippen molar-refractivity contribution >= 4 is 0 Å². The fourth-order valence-electron chi connectivity index (χ4n) is 4.26. The molecule has 164 valence electrons. The maximum absolute atomic E-state index is 5.88. The summed E-state index contributed by atoms with van der Waals surface area (Å²) in [7, 11) is 0. The Hall–Kier alpha value is -0.320. The highest BCUT2D eigenvalue weighted by atomic mass is 16.5. The van der Waals surface area contributed by atoms with E-state index in [9.17, 15) is 0 Å². The molecule has 0 aromatic rings. The maximum Gasteiger partial charge on any atom is 0.103 e. The highest BCUT2D eigenvalue weighted by Crippen LogP contribution is 2.13. The Balaban J connectivity index is 1.45. The third kappa shape index (κ3) is 7.50. The Kier molecular flexibility index (Phi) is 9.90. The van der Waals surface area contributed by atoms with E-state index in [2.05, 4.69) is 0 Å². The van der Waals surface area contributed by atoms with E-state index in [0.29, 0.717) is 26.4 Å². The molecular weight excluding hydrogens is 364 g/mol. The molecule has 3 fully saturated rings. The molecule has 8 heteroatoms. The zero-order valence-corrected chi connectivity index (χ0v) is 17.5. The summed E-state index contributed by atoms with van der Waals surface area (Å²) in [6.45, 7) is 17.3. The number of rotatable bonds is 0. The predicted molar refractivity (Wildman–Crippen MR) is 104 cm³/mol. The third-order valence-electron chi connectivity index (χ3n) is 6.42. The van der Waals surface area contributed by atoms with Crippen LogP contribution in [-0.4, -0.2) is 141 Å². The number of morpholine rings is 2. The zero-order chi connectivity index (χ0) is 19.4. The van der Waals surface area contributed by atoms with Gasteiger partial charge in [0.2, 0.25) is 0 Å². The van der Waals surface area contributed by atoms with Crippen LogP contribution in [0.2, 0.25) is 0 Å². The van der Waals surface area contributed by atoms with Crippen LogP contribution in [0, 0.1) is 0 Å². The van der Waals surface area contributed by atoms with E-state index in [1.165, 1.54) is 0 Å². The van der Waals surface area contributed by atoms with Crippen molar-refractivity contribution in [2.75, 3.05) is 132 Å². The minimum Gasteiger partial charge on any atom is -0.373 e. The fourth-order valence-corrected chi connectivity index (χ4v) is 4.26. The summed E-state index contributed by atoms with van der Waals surface area (Å²) in [4.78, 5) is 0. The fraction of sp³-hybridized carbons (Fsp3) is 1.00. The lowest BCUT2D eigenvalue weighted by molar-refractivity contribution is -0.936. The molecule has 0 bridgehead atoms. The monoisotopic (exact) mass is 404 g/mol. The van der Waals surface area contributed by atoms with Crippen molar-refractivity contribution in [1.29, 1.82) is 0 Å². The predicted octanol–water partition coefficient (Wildman–Crippen LogP) is -0.240. The molecule has 0 aromatic heterocycles. The van der Waals surface area contributed by atoms with Gasteiger partial charge in [0, 0.05) is 0 Å². The molecule has 0 N–H and O–H groups in total. The van der Waals surface area contributed by atoms with Crippen LogP contribution in [0.4, 0.5) is 0 Å². The second kappa shape index (κ2) is 12.4. The quantitative estimate of drug-likeness (QED) is 0.520. The van der Waals surface area contributed by atoms with Crippen molar-refractivity contribution in [3.63, 3.8) is 0 Å². The topological polar surface area (TPSA) is 55.4 Å². The van der Waals surface area contributed by atoms with Crippen molar-refractivity contribution in [2.24, 2.45) is 0 Å². The van der Waals surface area contributed by atoms with Gasteiger partial charge in [-0.15, -0.1) is 0 Å². The Labute approximate surface area is 169 Å². The van der Waals surface area contributed by atoms with Gasteiger partial charge >= 0.3 is 0 Å². The maximum atomic E-state index is 5.88. The largest absolute Gasteiger partial charge is 0.373 e. The first kappa shape index (κ1) is 22.4. The Bertz CT molecular complexity index is 352. The number of hydrogen-bond acceptors (Lipinski definition) is 6. The van der Waals surface area contributed by atoms with Crippen LogP contribution in [0.25, 0.3) is 0 Å². The second-order valence-corrected chi connectivity index (χ2v) is 8.15. The zero-order valence-electron chi connectivity index (χ0n) is 17.5. The van der Waals surface area contributed by atoms with E-state index in [4.69, 9.17) is 28.4 Å². The van der Waals surface area contributed by atoms with Crippen LogP contribution in [0.1, 0.15) is 0 Å². The molecule has 0 aliphatic carbocycles. The molecule has 0 radical (unpaired) electrons. The third-order valence-corrected chi connectivity index (χ3v) is 6.42. The minimum absolute atomic E-state index is 0.666. The lowest BCUT2D eigenvalue weighted by atomic mass is 10.3. The summed E-state index contributed by atoms with van der Waals surface area (Å²) in [5.41, 5.74) is 0. The van der Waals surface area contributed by atoms with Gasteiger partial charge < -0.3 is 37.4 Å². The van der Waals surface area contributed by atoms with E-state index in [0.717, 1.165) is 114 Å². The lowest BCUT2D eigenvalue weighted by Crippen LogP contribution is -2.58. The van der Waals surface area contributed by atoms with Gasteiger partial charge in [-0.3, -0.25) is 0 Å². The molecule has 0 amide bonds. The number of nitrogens with zero attached hydrogens (tertiary/aromatic N) is 2. The molecule has 3 aliphatic rings. The highest BCUT2D eigenvalue weighted by Gasteiger charge is 2.31. The molecule has 3 saturated heterocycles. The Morgan fingerprint density at radius 1 is 0.250 bits per heavy atom. The Morgan fingerprint density at radius 3 is 0.643 bits per heavy atom. The summed E-state index contributed by atoms with van der Waals surface area (Å²) in [5.74, 6) is 0.